The molecule has 82 valence electrons. The number of nitrogen functional groups attached to an aromatic ring is 1. The van der Waals surface area contributed by atoms with Crippen LogP contribution in [0.4, 0.5) is 5.82 Å². The van der Waals surface area contributed by atoms with Crippen LogP contribution in [0, 0.1) is 6.92 Å². The molecule has 0 radical (unpaired) electrons. The van der Waals surface area contributed by atoms with Gasteiger partial charge in [-0.2, -0.15) is 0 Å². The van der Waals surface area contributed by atoms with Crippen LogP contribution in [-0.2, 0) is 0 Å². The Morgan fingerprint density at radius 2 is 2.00 bits per heavy atom. The van der Waals surface area contributed by atoms with Crippen LogP contribution in [0.25, 0.3) is 11.3 Å². The van der Waals surface area contributed by atoms with E-state index in [4.69, 9.17) is 10.5 Å². The van der Waals surface area contributed by atoms with E-state index in [0.29, 0.717) is 5.82 Å². The van der Waals surface area contributed by atoms with Crippen molar-refractivity contribution >= 4 is 5.82 Å². The minimum absolute atomic E-state index is 0.535. The van der Waals surface area contributed by atoms with Gasteiger partial charge in [0.25, 0.3) is 0 Å². The molecule has 1 aromatic carbocycles. The molecule has 1 heterocycles. The summed E-state index contributed by atoms with van der Waals surface area (Å²) in [5.74, 6) is 1.39. The summed E-state index contributed by atoms with van der Waals surface area (Å²) in [7, 11) is 1.66. The molecule has 3 heteroatoms. The molecule has 0 aliphatic heterocycles. The fourth-order valence-corrected chi connectivity index (χ4v) is 1.65. The molecule has 0 atom stereocenters. The van der Waals surface area contributed by atoms with E-state index in [0.717, 1.165) is 22.6 Å². The second-order valence-corrected chi connectivity index (χ2v) is 3.63. The number of nitrogens with zero attached hydrogens (tertiary/aromatic N) is 1. The van der Waals surface area contributed by atoms with Crippen molar-refractivity contribution in [1.82, 2.24) is 4.98 Å². The number of nitrogens with two attached hydrogens (primary N) is 1. The lowest BCUT2D eigenvalue weighted by Crippen LogP contribution is -1.93. The molecule has 0 bridgehead atoms. The molecule has 1 aromatic heterocycles. The van der Waals surface area contributed by atoms with E-state index in [9.17, 15) is 0 Å². The van der Waals surface area contributed by atoms with Crippen LogP contribution in [0.3, 0.4) is 0 Å². The highest BCUT2D eigenvalue weighted by Crippen LogP contribution is 2.25. The standard InChI is InChI=1S/C13H14N2O/c1-9-8-10(16-2)6-7-11(9)12-4-3-5-13(14)15-12/h3-8H,1-2H3,(H2,14,15). The maximum absolute atomic E-state index is 5.67. The summed E-state index contributed by atoms with van der Waals surface area (Å²) in [6.45, 7) is 2.03. The van der Waals surface area contributed by atoms with Gasteiger partial charge in [0.15, 0.2) is 0 Å². The average molecular weight is 214 g/mol. The van der Waals surface area contributed by atoms with Crippen LogP contribution in [0.2, 0.25) is 0 Å². The maximum Gasteiger partial charge on any atom is 0.124 e. The molecular formula is C13H14N2O. The number of hydrogen-bond acceptors (Lipinski definition) is 3. The Balaban J connectivity index is 2.48. The van der Waals surface area contributed by atoms with Crippen molar-refractivity contribution in [2.45, 2.75) is 6.92 Å². The quantitative estimate of drug-likeness (QED) is 0.836. The third-order valence-corrected chi connectivity index (χ3v) is 2.48. The summed E-state index contributed by atoms with van der Waals surface area (Å²) >= 11 is 0. The number of hydrogen-bond donors (Lipinski definition) is 1. The van der Waals surface area contributed by atoms with Crippen molar-refractivity contribution in [3.63, 3.8) is 0 Å². The fourth-order valence-electron chi connectivity index (χ4n) is 1.65. The van der Waals surface area contributed by atoms with Gasteiger partial charge in [0.1, 0.15) is 11.6 Å². The molecule has 0 amide bonds. The number of aromatic nitrogens is 1. The summed E-state index contributed by atoms with van der Waals surface area (Å²) in [6, 6.07) is 11.5. The highest BCUT2D eigenvalue weighted by Gasteiger charge is 2.04. The van der Waals surface area contributed by atoms with Crippen LogP contribution in [0.1, 0.15) is 5.56 Å². The smallest absolute Gasteiger partial charge is 0.124 e. The summed E-state index contributed by atoms with van der Waals surface area (Å²) < 4.78 is 5.16. The Bertz CT molecular complexity index is 509. The van der Waals surface area contributed by atoms with Gasteiger partial charge >= 0.3 is 0 Å². The van der Waals surface area contributed by atoms with Crippen molar-refractivity contribution < 1.29 is 4.74 Å². The molecule has 0 aliphatic rings. The molecule has 2 aromatic rings. The van der Waals surface area contributed by atoms with Crippen LogP contribution in [0.5, 0.6) is 5.75 Å². The first-order valence-electron chi connectivity index (χ1n) is 5.08. The predicted octanol–water partition coefficient (Wildman–Crippen LogP) is 2.65. The van der Waals surface area contributed by atoms with E-state index >= 15 is 0 Å². The summed E-state index contributed by atoms with van der Waals surface area (Å²) in [6.07, 6.45) is 0. The van der Waals surface area contributed by atoms with E-state index < -0.39 is 0 Å². The molecule has 2 N–H and O–H groups in total. The second-order valence-electron chi connectivity index (χ2n) is 3.63. The predicted molar refractivity (Wildman–Crippen MR) is 65.4 cm³/mol. The van der Waals surface area contributed by atoms with Crippen molar-refractivity contribution in [3.8, 4) is 17.0 Å². The lowest BCUT2D eigenvalue weighted by Gasteiger charge is -2.07. The average Bonchev–Trinajstić information content (AvgIpc) is 2.28. The highest BCUT2D eigenvalue weighted by atomic mass is 16.5. The largest absolute Gasteiger partial charge is 0.497 e. The molecule has 0 saturated heterocycles. The molecule has 0 saturated carbocycles. The Kier molecular flexibility index (Phi) is 2.77. The fraction of sp³-hybridized carbons (Fsp3) is 0.154. The van der Waals surface area contributed by atoms with Crippen molar-refractivity contribution in [1.29, 1.82) is 0 Å². The molecule has 3 nitrogen and oxygen atoms in total. The van der Waals surface area contributed by atoms with E-state index in [-0.39, 0.29) is 0 Å². The second kappa shape index (κ2) is 4.23. The van der Waals surface area contributed by atoms with Gasteiger partial charge in [0, 0.05) is 5.56 Å². The first-order valence-corrected chi connectivity index (χ1v) is 5.08. The molecule has 16 heavy (non-hydrogen) atoms. The molecule has 0 fully saturated rings. The van der Waals surface area contributed by atoms with Gasteiger partial charge in [-0.25, -0.2) is 4.98 Å². The van der Waals surface area contributed by atoms with Crippen LogP contribution >= 0.6 is 0 Å². The Morgan fingerprint density at radius 1 is 1.19 bits per heavy atom. The third kappa shape index (κ3) is 1.98. The number of benzene rings is 1. The first-order chi connectivity index (χ1) is 7.70. The van der Waals surface area contributed by atoms with E-state index in [1.807, 2.05) is 37.3 Å². The normalized spacial score (nSPS) is 10.1. The van der Waals surface area contributed by atoms with Gasteiger partial charge in [-0.3, -0.25) is 0 Å². The van der Waals surface area contributed by atoms with Gasteiger partial charge < -0.3 is 10.5 Å². The van der Waals surface area contributed by atoms with Crippen LogP contribution in [0.15, 0.2) is 36.4 Å². The van der Waals surface area contributed by atoms with Gasteiger partial charge in [-0.15, -0.1) is 0 Å². The zero-order valence-electron chi connectivity index (χ0n) is 9.40. The highest BCUT2D eigenvalue weighted by molar-refractivity contribution is 5.65. The van der Waals surface area contributed by atoms with Gasteiger partial charge in [0.2, 0.25) is 0 Å². The number of pyridine rings is 1. The summed E-state index contributed by atoms with van der Waals surface area (Å²) in [5, 5.41) is 0. The monoisotopic (exact) mass is 214 g/mol. The minimum atomic E-state index is 0.535. The van der Waals surface area contributed by atoms with Crippen molar-refractivity contribution in [3.05, 3.63) is 42.0 Å². The molecular weight excluding hydrogens is 200 g/mol. The van der Waals surface area contributed by atoms with E-state index in [2.05, 4.69) is 4.98 Å². The molecule has 0 aliphatic carbocycles. The zero-order chi connectivity index (χ0) is 11.5. The van der Waals surface area contributed by atoms with E-state index in [1.54, 1.807) is 13.2 Å². The minimum Gasteiger partial charge on any atom is -0.497 e. The molecule has 2 rings (SSSR count). The topological polar surface area (TPSA) is 48.1 Å². The van der Waals surface area contributed by atoms with Crippen LogP contribution in [-0.4, -0.2) is 12.1 Å². The van der Waals surface area contributed by atoms with E-state index in [1.165, 1.54) is 0 Å². The van der Waals surface area contributed by atoms with Crippen molar-refractivity contribution in [2.24, 2.45) is 0 Å². The first kappa shape index (κ1) is 10.5. The molecule has 0 unspecified atom stereocenters. The third-order valence-electron chi connectivity index (χ3n) is 2.48. The van der Waals surface area contributed by atoms with Gasteiger partial charge in [0.05, 0.1) is 12.8 Å². The maximum atomic E-state index is 5.67. The van der Waals surface area contributed by atoms with Crippen LogP contribution < -0.4 is 10.5 Å². The summed E-state index contributed by atoms with van der Waals surface area (Å²) in [5.41, 5.74) is 8.75. The SMILES string of the molecule is COc1ccc(-c2cccc(N)n2)c(C)c1. The Morgan fingerprint density at radius 3 is 2.62 bits per heavy atom. The van der Waals surface area contributed by atoms with Crippen molar-refractivity contribution in [2.75, 3.05) is 12.8 Å². The Labute approximate surface area is 94.9 Å². The van der Waals surface area contributed by atoms with Gasteiger partial charge in [-0.05, 0) is 42.8 Å². The number of ether oxygens (including phenoxy) is 1. The number of methoxy groups -OCH3 is 1. The number of rotatable bonds is 2. The lowest BCUT2D eigenvalue weighted by atomic mass is 10.0. The number of anilines is 1. The zero-order valence-corrected chi connectivity index (χ0v) is 9.40. The van der Waals surface area contributed by atoms with Gasteiger partial charge in [-0.1, -0.05) is 6.07 Å². The lowest BCUT2D eigenvalue weighted by molar-refractivity contribution is 0.414. The number of aryl methyl sites for hydroxylation is 1. The Hall–Kier alpha value is -2.03. The summed E-state index contributed by atoms with van der Waals surface area (Å²) in [4.78, 5) is 4.30. The molecule has 0 spiro atoms.